The van der Waals surface area contributed by atoms with E-state index in [1.54, 1.807) is 0 Å². The average molecular weight is 385 g/mol. The second kappa shape index (κ2) is 6.73. The van der Waals surface area contributed by atoms with E-state index >= 15 is 0 Å². The summed E-state index contributed by atoms with van der Waals surface area (Å²) in [5, 5.41) is 1.25. The van der Waals surface area contributed by atoms with Gasteiger partial charge in [0.1, 0.15) is 0 Å². The highest BCUT2D eigenvalue weighted by Crippen LogP contribution is 2.49. The van der Waals surface area contributed by atoms with Gasteiger partial charge in [0.15, 0.2) is 0 Å². The van der Waals surface area contributed by atoms with E-state index in [0.717, 1.165) is 36.3 Å². The molecular weight excluding hydrogens is 352 g/mol. The third-order valence-electron chi connectivity index (χ3n) is 7.10. The molecule has 2 aliphatic rings. The molecule has 1 atom stereocenters. The number of pyridine rings is 1. The van der Waals surface area contributed by atoms with Gasteiger partial charge in [0.05, 0.1) is 23.5 Å². The van der Waals surface area contributed by atoms with Crippen LogP contribution in [0, 0.1) is 19.3 Å². The standard InChI is InChI=1S/C27H32N2/c1-9-21-19(7)29-15-20-13-22-18(6)11-17(5)12-24(22)28-26(20)25(29)14-23(21)27(8,10-2)16(3)4/h11-14H,3,7,9-10,15H2,1-2,4-6,8H3/t27-/m0/s1. The maximum Gasteiger partial charge on any atom is 0.0924 e. The molecule has 0 fully saturated rings. The molecule has 0 saturated heterocycles. The van der Waals surface area contributed by atoms with Crippen molar-refractivity contribution in [2.45, 2.75) is 60.9 Å². The van der Waals surface area contributed by atoms with E-state index in [-0.39, 0.29) is 5.41 Å². The van der Waals surface area contributed by atoms with Crippen molar-refractivity contribution in [2.24, 2.45) is 5.41 Å². The Morgan fingerprint density at radius 2 is 1.93 bits per heavy atom. The molecule has 29 heavy (non-hydrogen) atoms. The summed E-state index contributed by atoms with van der Waals surface area (Å²) in [7, 11) is 0. The summed E-state index contributed by atoms with van der Waals surface area (Å²) in [6.45, 7) is 23.0. The highest BCUT2D eigenvalue weighted by molar-refractivity contribution is 5.88. The van der Waals surface area contributed by atoms with Gasteiger partial charge >= 0.3 is 0 Å². The van der Waals surface area contributed by atoms with Gasteiger partial charge in [0, 0.05) is 22.1 Å². The molecule has 2 nitrogen and oxygen atoms in total. The molecule has 2 aromatic rings. The number of rotatable bonds is 4. The molecule has 0 bridgehead atoms. The zero-order valence-corrected chi connectivity index (χ0v) is 18.7. The normalized spacial score (nSPS) is 17.9. The van der Waals surface area contributed by atoms with Gasteiger partial charge in [-0.3, -0.25) is 0 Å². The fourth-order valence-electron chi connectivity index (χ4n) is 4.94. The second-order valence-corrected chi connectivity index (χ2v) is 8.92. The van der Waals surface area contributed by atoms with Crippen LogP contribution in [0.1, 0.15) is 62.9 Å². The lowest BCUT2D eigenvalue weighted by Crippen LogP contribution is -2.27. The first kappa shape index (κ1) is 19.7. The van der Waals surface area contributed by atoms with Crippen LogP contribution in [0.4, 0.5) is 0 Å². The van der Waals surface area contributed by atoms with Crippen molar-refractivity contribution in [3.63, 3.8) is 0 Å². The van der Waals surface area contributed by atoms with Crippen molar-refractivity contribution in [3.8, 4) is 0 Å². The number of aryl methyl sites for hydroxylation is 2. The number of hydrogen-bond donors (Lipinski definition) is 0. The van der Waals surface area contributed by atoms with E-state index < -0.39 is 0 Å². The van der Waals surface area contributed by atoms with Crippen molar-refractivity contribution in [1.29, 1.82) is 0 Å². The van der Waals surface area contributed by atoms with Gasteiger partial charge in [-0.05, 0) is 74.1 Å². The summed E-state index contributed by atoms with van der Waals surface area (Å²) in [5.41, 5.74) is 12.2. The van der Waals surface area contributed by atoms with Crippen molar-refractivity contribution < 1.29 is 0 Å². The van der Waals surface area contributed by atoms with Gasteiger partial charge in [-0.2, -0.15) is 0 Å². The average Bonchev–Trinajstić information content (AvgIpc) is 3.03. The molecule has 0 unspecified atom stereocenters. The molecule has 3 heterocycles. The molecule has 0 saturated carbocycles. The van der Waals surface area contributed by atoms with Gasteiger partial charge in [0.2, 0.25) is 0 Å². The minimum atomic E-state index is -0.0554. The molecule has 0 N–H and O–H groups in total. The van der Waals surface area contributed by atoms with E-state index in [1.807, 2.05) is 0 Å². The number of nitrogens with zero attached hydrogens (tertiary/aromatic N) is 2. The van der Waals surface area contributed by atoms with Crippen LogP contribution in [0.15, 0.2) is 59.8 Å². The van der Waals surface area contributed by atoms with Crippen LogP contribution >= 0.6 is 0 Å². The lowest BCUT2D eigenvalue weighted by Gasteiger charge is -2.38. The number of allylic oxidation sites excluding steroid dienone is 4. The first-order valence-electron chi connectivity index (χ1n) is 10.7. The van der Waals surface area contributed by atoms with Gasteiger partial charge in [0.25, 0.3) is 0 Å². The first-order valence-corrected chi connectivity index (χ1v) is 10.7. The quantitative estimate of drug-likeness (QED) is 0.517. The summed E-state index contributed by atoms with van der Waals surface area (Å²) in [6, 6.07) is 6.77. The first-order chi connectivity index (χ1) is 13.7. The fraction of sp³-hybridized carbons (Fsp3) is 0.370. The van der Waals surface area contributed by atoms with Crippen molar-refractivity contribution in [1.82, 2.24) is 9.88 Å². The fourth-order valence-corrected chi connectivity index (χ4v) is 4.94. The number of benzene rings is 1. The van der Waals surface area contributed by atoms with E-state index in [9.17, 15) is 0 Å². The SMILES string of the molecule is C=C1C(CC)=C([C@@](C)(CC)C(=C)C)C=C2c3nc4cc(C)cc(C)c4cc3CN12. The molecule has 2 heteroatoms. The second-order valence-electron chi connectivity index (χ2n) is 8.92. The largest absolute Gasteiger partial charge is 0.335 e. The minimum Gasteiger partial charge on any atom is -0.335 e. The molecule has 150 valence electrons. The Hall–Kier alpha value is -2.61. The van der Waals surface area contributed by atoms with Gasteiger partial charge < -0.3 is 4.90 Å². The van der Waals surface area contributed by atoms with Crippen molar-refractivity contribution in [3.05, 3.63) is 82.2 Å². The van der Waals surface area contributed by atoms with E-state index in [4.69, 9.17) is 4.98 Å². The lowest BCUT2D eigenvalue weighted by molar-refractivity contribution is 0.447. The van der Waals surface area contributed by atoms with E-state index in [2.05, 4.69) is 83.9 Å². The third-order valence-corrected chi connectivity index (χ3v) is 7.10. The Morgan fingerprint density at radius 3 is 2.55 bits per heavy atom. The number of hydrogen-bond acceptors (Lipinski definition) is 2. The third kappa shape index (κ3) is 2.80. The zero-order valence-electron chi connectivity index (χ0n) is 18.7. The van der Waals surface area contributed by atoms with Gasteiger partial charge in [-0.25, -0.2) is 4.98 Å². The smallest absolute Gasteiger partial charge is 0.0924 e. The Morgan fingerprint density at radius 1 is 1.21 bits per heavy atom. The highest BCUT2D eigenvalue weighted by Gasteiger charge is 2.38. The van der Waals surface area contributed by atoms with Gasteiger partial charge in [-0.15, -0.1) is 0 Å². The lowest BCUT2D eigenvalue weighted by atomic mass is 9.70. The topological polar surface area (TPSA) is 16.1 Å². The van der Waals surface area contributed by atoms with Gasteiger partial charge in [-0.1, -0.05) is 45.6 Å². The minimum absolute atomic E-state index is 0.0554. The summed E-state index contributed by atoms with van der Waals surface area (Å²) in [4.78, 5) is 7.49. The zero-order chi connectivity index (χ0) is 21.1. The molecule has 0 radical (unpaired) electrons. The number of fused-ring (bicyclic) bond motifs is 4. The summed E-state index contributed by atoms with van der Waals surface area (Å²) >= 11 is 0. The van der Waals surface area contributed by atoms with Crippen molar-refractivity contribution in [2.75, 3.05) is 0 Å². The van der Waals surface area contributed by atoms with Crippen LogP contribution in [0.2, 0.25) is 0 Å². The van der Waals surface area contributed by atoms with E-state index in [0.29, 0.717) is 0 Å². The monoisotopic (exact) mass is 384 g/mol. The maximum atomic E-state index is 5.14. The maximum absolute atomic E-state index is 5.14. The predicted molar refractivity (Wildman–Crippen MR) is 124 cm³/mol. The van der Waals surface area contributed by atoms with Crippen LogP contribution in [0.25, 0.3) is 16.6 Å². The molecule has 0 amide bonds. The molecule has 4 rings (SSSR count). The Kier molecular flexibility index (Phi) is 4.57. The summed E-state index contributed by atoms with van der Waals surface area (Å²) in [5.74, 6) is 0. The van der Waals surface area contributed by atoms with Crippen LogP contribution in [-0.2, 0) is 6.54 Å². The predicted octanol–water partition coefficient (Wildman–Crippen LogP) is 7.23. The molecule has 1 aromatic heterocycles. The molecule has 0 spiro atoms. The van der Waals surface area contributed by atoms with Crippen LogP contribution in [0.5, 0.6) is 0 Å². The molecular formula is C27H32N2. The molecule has 1 aromatic carbocycles. The highest BCUT2D eigenvalue weighted by atomic mass is 15.2. The van der Waals surface area contributed by atoms with Crippen LogP contribution in [0.3, 0.4) is 0 Å². The summed E-state index contributed by atoms with van der Waals surface area (Å²) in [6.07, 6.45) is 4.37. The molecule has 2 aliphatic heterocycles. The van der Waals surface area contributed by atoms with E-state index in [1.165, 1.54) is 44.5 Å². The Balaban J connectivity index is 1.96. The van der Waals surface area contributed by atoms with Crippen molar-refractivity contribution >= 4 is 16.6 Å². The Labute approximate surface area is 175 Å². The molecule has 0 aliphatic carbocycles. The van der Waals surface area contributed by atoms with Crippen LogP contribution < -0.4 is 0 Å². The van der Waals surface area contributed by atoms with Crippen LogP contribution in [-0.4, -0.2) is 9.88 Å². The Bertz CT molecular complexity index is 1130. The summed E-state index contributed by atoms with van der Waals surface area (Å²) < 4.78 is 0. The number of aromatic nitrogens is 1.